The van der Waals surface area contributed by atoms with E-state index in [0.717, 1.165) is 23.7 Å². The minimum atomic E-state index is -0.253. The molecule has 0 saturated carbocycles. The molecule has 0 aliphatic carbocycles. The average Bonchev–Trinajstić information content (AvgIpc) is 2.74. The Morgan fingerprint density at radius 1 is 1.28 bits per heavy atom. The second kappa shape index (κ2) is 6.50. The van der Waals surface area contributed by atoms with Crippen molar-refractivity contribution < 1.29 is 5.11 Å². The molecule has 1 aromatic heterocycles. The van der Waals surface area contributed by atoms with Gasteiger partial charge in [-0.15, -0.1) is 11.3 Å². The summed E-state index contributed by atoms with van der Waals surface area (Å²) in [7, 11) is 0. The SMILES string of the molecule is Cc1ccc(CCC(O)Cc2cc(Br)cs2)cc1. The second-order valence-corrected chi connectivity index (χ2v) is 6.52. The van der Waals surface area contributed by atoms with Gasteiger partial charge in [-0.25, -0.2) is 0 Å². The van der Waals surface area contributed by atoms with Crippen LogP contribution in [0.25, 0.3) is 0 Å². The van der Waals surface area contributed by atoms with Crippen LogP contribution < -0.4 is 0 Å². The van der Waals surface area contributed by atoms with Crippen molar-refractivity contribution in [1.29, 1.82) is 0 Å². The fraction of sp³-hybridized carbons (Fsp3) is 0.333. The molecular weight excluding hydrogens is 308 g/mol. The third kappa shape index (κ3) is 4.23. The largest absolute Gasteiger partial charge is 0.393 e. The van der Waals surface area contributed by atoms with Crippen LogP contribution in [-0.2, 0) is 12.8 Å². The number of rotatable bonds is 5. The maximum Gasteiger partial charge on any atom is 0.0591 e. The van der Waals surface area contributed by atoms with Gasteiger partial charge in [0.2, 0.25) is 0 Å². The Balaban J connectivity index is 1.81. The highest BCUT2D eigenvalue weighted by Gasteiger charge is 2.07. The van der Waals surface area contributed by atoms with Crippen molar-refractivity contribution in [2.24, 2.45) is 0 Å². The quantitative estimate of drug-likeness (QED) is 0.866. The van der Waals surface area contributed by atoms with Gasteiger partial charge in [-0.05, 0) is 47.3 Å². The molecule has 18 heavy (non-hydrogen) atoms. The molecule has 0 spiro atoms. The summed E-state index contributed by atoms with van der Waals surface area (Å²) in [6, 6.07) is 10.6. The Bertz CT molecular complexity index is 489. The molecule has 2 aromatic rings. The van der Waals surface area contributed by atoms with Crippen LogP contribution in [-0.4, -0.2) is 11.2 Å². The molecule has 2 rings (SSSR count). The van der Waals surface area contributed by atoms with Crippen molar-refractivity contribution in [2.75, 3.05) is 0 Å². The Kier molecular flexibility index (Phi) is 4.98. The highest BCUT2D eigenvalue weighted by molar-refractivity contribution is 9.10. The number of aliphatic hydroxyl groups excluding tert-OH is 1. The van der Waals surface area contributed by atoms with Gasteiger partial charge in [0.15, 0.2) is 0 Å². The van der Waals surface area contributed by atoms with Crippen LogP contribution in [0.15, 0.2) is 40.2 Å². The van der Waals surface area contributed by atoms with Gasteiger partial charge in [0.1, 0.15) is 0 Å². The van der Waals surface area contributed by atoms with Crippen molar-refractivity contribution in [3.63, 3.8) is 0 Å². The molecule has 3 heteroatoms. The number of hydrogen-bond acceptors (Lipinski definition) is 2. The Morgan fingerprint density at radius 3 is 2.61 bits per heavy atom. The van der Waals surface area contributed by atoms with E-state index in [1.54, 1.807) is 11.3 Å². The van der Waals surface area contributed by atoms with Crippen LogP contribution in [0.1, 0.15) is 22.4 Å². The highest BCUT2D eigenvalue weighted by atomic mass is 79.9. The van der Waals surface area contributed by atoms with Gasteiger partial charge < -0.3 is 5.11 Å². The Labute approximate surface area is 121 Å². The number of halogens is 1. The zero-order valence-corrected chi connectivity index (χ0v) is 12.8. The summed E-state index contributed by atoms with van der Waals surface area (Å²) in [6.07, 6.45) is 2.26. The van der Waals surface area contributed by atoms with Crippen LogP contribution in [0.4, 0.5) is 0 Å². The van der Waals surface area contributed by atoms with E-state index in [2.05, 4.69) is 58.6 Å². The van der Waals surface area contributed by atoms with E-state index in [9.17, 15) is 5.11 Å². The lowest BCUT2D eigenvalue weighted by atomic mass is 10.0. The molecule has 0 fully saturated rings. The topological polar surface area (TPSA) is 20.2 Å². The number of hydrogen-bond donors (Lipinski definition) is 1. The smallest absolute Gasteiger partial charge is 0.0591 e. The standard InChI is InChI=1S/C15H17BrOS/c1-11-2-4-12(5-3-11)6-7-14(17)9-15-8-13(16)10-18-15/h2-5,8,10,14,17H,6-7,9H2,1H3. The van der Waals surface area contributed by atoms with E-state index in [4.69, 9.17) is 0 Å². The van der Waals surface area contributed by atoms with Crippen LogP contribution in [0.3, 0.4) is 0 Å². The molecule has 1 aromatic carbocycles. The number of aryl methyl sites for hydroxylation is 2. The first-order valence-corrected chi connectivity index (χ1v) is 7.77. The van der Waals surface area contributed by atoms with Gasteiger partial charge in [-0.2, -0.15) is 0 Å². The lowest BCUT2D eigenvalue weighted by Crippen LogP contribution is -2.10. The summed E-state index contributed by atoms with van der Waals surface area (Å²) in [5, 5.41) is 12.1. The first kappa shape index (κ1) is 13.8. The molecule has 0 amide bonds. The molecule has 96 valence electrons. The number of thiophene rings is 1. The normalized spacial score (nSPS) is 12.6. The van der Waals surface area contributed by atoms with E-state index in [-0.39, 0.29) is 6.10 Å². The number of aliphatic hydroxyl groups is 1. The Morgan fingerprint density at radius 2 is 2.00 bits per heavy atom. The molecule has 0 aliphatic rings. The van der Waals surface area contributed by atoms with Gasteiger partial charge in [0.05, 0.1) is 6.10 Å². The van der Waals surface area contributed by atoms with Crippen molar-refractivity contribution in [2.45, 2.75) is 32.3 Å². The lowest BCUT2D eigenvalue weighted by Gasteiger charge is -2.09. The molecule has 0 radical (unpaired) electrons. The summed E-state index contributed by atoms with van der Waals surface area (Å²) in [5.41, 5.74) is 2.58. The molecule has 0 bridgehead atoms. The third-order valence-corrected chi connectivity index (χ3v) is 4.67. The summed E-state index contributed by atoms with van der Waals surface area (Å²) >= 11 is 5.13. The molecule has 1 unspecified atom stereocenters. The van der Waals surface area contributed by atoms with Crippen molar-refractivity contribution in [3.8, 4) is 0 Å². The van der Waals surface area contributed by atoms with Crippen molar-refractivity contribution in [3.05, 3.63) is 56.2 Å². The van der Waals surface area contributed by atoms with Gasteiger partial charge >= 0.3 is 0 Å². The Hall–Kier alpha value is -0.640. The van der Waals surface area contributed by atoms with E-state index < -0.39 is 0 Å². The first-order valence-electron chi connectivity index (χ1n) is 6.10. The van der Waals surface area contributed by atoms with Crippen LogP contribution in [0.2, 0.25) is 0 Å². The van der Waals surface area contributed by atoms with E-state index in [1.807, 2.05) is 0 Å². The van der Waals surface area contributed by atoms with Gasteiger partial charge in [0, 0.05) is 21.2 Å². The van der Waals surface area contributed by atoms with Crippen molar-refractivity contribution >= 4 is 27.3 Å². The lowest BCUT2D eigenvalue weighted by molar-refractivity contribution is 0.166. The molecule has 0 aliphatic heterocycles. The predicted molar refractivity (Wildman–Crippen MR) is 81.2 cm³/mol. The van der Waals surface area contributed by atoms with E-state index in [1.165, 1.54) is 16.0 Å². The summed E-state index contributed by atoms with van der Waals surface area (Å²) in [6.45, 7) is 2.09. The minimum absolute atomic E-state index is 0.253. The molecule has 1 heterocycles. The third-order valence-electron chi connectivity index (χ3n) is 2.95. The molecule has 0 saturated heterocycles. The van der Waals surface area contributed by atoms with Gasteiger partial charge in [-0.1, -0.05) is 29.8 Å². The monoisotopic (exact) mass is 324 g/mol. The average molecular weight is 325 g/mol. The summed E-state index contributed by atoms with van der Waals surface area (Å²) < 4.78 is 1.10. The van der Waals surface area contributed by atoms with Crippen LogP contribution >= 0.6 is 27.3 Å². The maximum absolute atomic E-state index is 10.0. The maximum atomic E-state index is 10.0. The molecule has 1 atom stereocenters. The zero-order chi connectivity index (χ0) is 13.0. The minimum Gasteiger partial charge on any atom is -0.393 e. The fourth-order valence-electron chi connectivity index (χ4n) is 1.88. The first-order chi connectivity index (χ1) is 8.63. The number of benzene rings is 1. The van der Waals surface area contributed by atoms with Crippen LogP contribution in [0, 0.1) is 6.92 Å². The molecule has 1 nitrogen and oxygen atoms in total. The van der Waals surface area contributed by atoms with Crippen molar-refractivity contribution in [1.82, 2.24) is 0 Å². The summed E-state index contributed by atoms with van der Waals surface area (Å²) in [5.74, 6) is 0. The fourth-order valence-corrected chi connectivity index (χ4v) is 3.41. The predicted octanol–water partition coefficient (Wildman–Crippen LogP) is 4.36. The van der Waals surface area contributed by atoms with E-state index in [0.29, 0.717) is 0 Å². The molecular formula is C15H17BrOS. The zero-order valence-electron chi connectivity index (χ0n) is 10.4. The van der Waals surface area contributed by atoms with Gasteiger partial charge in [0.25, 0.3) is 0 Å². The molecule has 1 N–H and O–H groups in total. The van der Waals surface area contributed by atoms with Crippen LogP contribution in [0.5, 0.6) is 0 Å². The van der Waals surface area contributed by atoms with E-state index >= 15 is 0 Å². The highest BCUT2D eigenvalue weighted by Crippen LogP contribution is 2.22. The second-order valence-electron chi connectivity index (χ2n) is 4.61. The van der Waals surface area contributed by atoms with Gasteiger partial charge in [-0.3, -0.25) is 0 Å². The summed E-state index contributed by atoms with van der Waals surface area (Å²) in [4.78, 5) is 1.23.